The van der Waals surface area contributed by atoms with E-state index in [1.54, 1.807) is 38.3 Å². The van der Waals surface area contributed by atoms with E-state index in [2.05, 4.69) is 10.6 Å². The molecule has 8 heteroatoms. The van der Waals surface area contributed by atoms with Gasteiger partial charge in [0.1, 0.15) is 11.3 Å². The van der Waals surface area contributed by atoms with Crippen molar-refractivity contribution in [2.75, 3.05) is 12.4 Å². The molecule has 3 aliphatic rings. The van der Waals surface area contributed by atoms with Gasteiger partial charge in [0.05, 0.1) is 31.6 Å². The lowest BCUT2D eigenvalue weighted by atomic mass is 9.76. The van der Waals surface area contributed by atoms with E-state index in [0.29, 0.717) is 17.0 Å². The van der Waals surface area contributed by atoms with Crippen LogP contribution in [-0.2, 0) is 26.5 Å². The van der Waals surface area contributed by atoms with E-state index < -0.39 is 35.4 Å². The molecule has 8 nitrogen and oxygen atoms in total. The van der Waals surface area contributed by atoms with Gasteiger partial charge in [0.25, 0.3) is 0 Å². The summed E-state index contributed by atoms with van der Waals surface area (Å²) in [6, 6.07) is 10.2. The zero-order valence-corrected chi connectivity index (χ0v) is 19.0. The number of amides is 3. The number of hydrogen-bond acceptors (Lipinski definition) is 6. The van der Waals surface area contributed by atoms with Crippen LogP contribution in [0.3, 0.4) is 0 Å². The van der Waals surface area contributed by atoms with Crippen molar-refractivity contribution >= 4 is 23.4 Å². The van der Waals surface area contributed by atoms with Crippen LogP contribution < -0.4 is 15.4 Å². The maximum Gasteiger partial charge on any atom is 0.250 e. The molecular weight excluding hydrogens is 422 g/mol. The van der Waals surface area contributed by atoms with Gasteiger partial charge in [0.15, 0.2) is 0 Å². The highest BCUT2D eigenvalue weighted by Crippen LogP contribution is 2.54. The number of benzene rings is 2. The molecular formula is C25H27N3O5. The van der Waals surface area contributed by atoms with E-state index in [9.17, 15) is 19.5 Å². The number of carbonyl (C=O) groups excluding carboxylic acids is 3. The second kappa shape index (κ2) is 7.40. The second-order valence-corrected chi connectivity index (χ2v) is 9.22. The third-order valence-electron chi connectivity index (χ3n) is 7.47. The molecule has 3 N–H and O–H groups in total. The molecule has 3 aliphatic heterocycles. The normalized spacial score (nSPS) is 28.8. The number of aliphatic hydroxyl groups is 1. The number of anilines is 1. The number of carbonyl (C=O) groups is 3. The van der Waals surface area contributed by atoms with Gasteiger partial charge in [-0.1, -0.05) is 24.3 Å². The average molecular weight is 450 g/mol. The molecule has 3 heterocycles. The number of nitrogens with one attached hydrogen (secondary N) is 2. The summed E-state index contributed by atoms with van der Waals surface area (Å²) in [6.07, 6.45) is -0.932. The minimum absolute atomic E-state index is 0.0959. The Labute approximate surface area is 191 Å². The lowest BCUT2D eigenvalue weighted by molar-refractivity contribution is -0.143. The number of aliphatic hydroxyl groups excluding tert-OH is 1. The topological polar surface area (TPSA) is 108 Å². The lowest BCUT2D eigenvalue weighted by Gasteiger charge is -2.30. The summed E-state index contributed by atoms with van der Waals surface area (Å²) in [5.41, 5.74) is 2.64. The first kappa shape index (κ1) is 21.6. The molecule has 3 amide bonds. The van der Waals surface area contributed by atoms with E-state index in [-0.39, 0.29) is 18.4 Å². The number of rotatable bonds is 4. The van der Waals surface area contributed by atoms with E-state index in [1.807, 2.05) is 26.0 Å². The number of ether oxygens (including phenoxy) is 1. The van der Waals surface area contributed by atoms with Gasteiger partial charge in [-0.15, -0.1) is 0 Å². The zero-order valence-electron chi connectivity index (χ0n) is 19.0. The molecule has 0 saturated carbocycles. The first-order chi connectivity index (χ1) is 15.7. The predicted octanol–water partition coefficient (Wildman–Crippen LogP) is 1.61. The molecule has 172 valence electrons. The summed E-state index contributed by atoms with van der Waals surface area (Å²) >= 11 is 0. The molecule has 5 atom stereocenters. The van der Waals surface area contributed by atoms with E-state index in [4.69, 9.17) is 4.74 Å². The van der Waals surface area contributed by atoms with Crippen LogP contribution in [0, 0.1) is 25.7 Å². The number of hydrogen-bond donors (Lipinski definition) is 3. The fourth-order valence-corrected chi connectivity index (χ4v) is 5.59. The standard InChI is InChI=1S/C25H27N3O5/c1-12-5-10-17-20(13(12)2)26-24(32)25(17)19-18(21(27-25)14(3)29)22(30)28(23(19)31)11-15-6-8-16(33-4)9-7-15/h5-10,14,18-19,21,27,29H,11H2,1-4H3,(H,26,32)/t14-,18-,19-,21+,25-/m0/s1. The molecule has 5 rings (SSSR count). The maximum atomic E-state index is 13.7. The third-order valence-corrected chi connectivity index (χ3v) is 7.47. The molecule has 2 saturated heterocycles. The highest BCUT2D eigenvalue weighted by atomic mass is 16.5. The lowest BCUT2D eigenvalue weighted by Crippen LogP contribution is -2.54. The van der Waals surface area contributed by atoms with Gasteiger partial charge in [-0.3, -0.25) is 24.6 Å². The summed E-state index contributed by atoms with van der Waals surface area (Å²) in [5, 5.41) is 16.7. The van der Waals surface area contributed by atoms with Gasteiger partial charge < -0.3 is 15.2 Å². The van der Waals surface area contributed by atoms with E-state index in [1.165, 1.54) is 4.90 Å². The minimum atomic E-state index is -1.40. The Morgan fingerprint density at radius 3 is 2.42 bits per heavy atom. The first-order valence-corrected chi connectivity index (χ1v) is 11.1. The largest absolute Gasteiger partial charge is 0.497 e. The first-order valence-electron chi connectivity index (χ1n) is 11.1. The van der Waals surface area contributed by atoms with Crippen LogP contribution in [0.2, 0.25) is 0 Å². The third kappa shape index (κ3) is 2.87. The van der Waals surface area contributed by atoms with Crippen LogP contribution in [0.1, 0.15) is 29.2 Å². The molecule has 2 fully saturated rings. The highest BCUT2D eigenvalue weighted by molar-refractivity contribution is 6.15. The van der Waals surface area contributed by atoms with E-state index >= 15 is 0 Å². The smallest absolute Gasteiger partial charge is 0.250 e. The quantitative estimate of drug-likeness (QED) is 0.612. The molecule has 0 aliphatic carbocycles. The fraction of sp³-hybridized carbons (Fsp3) is 0.400. The Balaban J connectivity index is 1.59. The second-order valence-electron chi connectivity index (χ2n) is 9.22. The van der Waals surface area contributed by atoms with Crippen molar-refractivity contribution in [3.05, 3.63) is 58.7 Å². The number of fused-ring (bicyclic) bond motifs is 4. The van der Waals surface area contributed by atoms with Crippen molar-refractivity contribution in [3.63, 3.8) is 0 Å². The van der Waals surface area contributed by atoms with Crippen LogP contribution in [0.25, 0.3) is 0 Å². The SMILES string of the molecule is COc1ccc(CN2C(=O)[C@@H]3[C@@H]([C@H](C)O)N[C@]4(C(=O)Nc5c4ccc(C)c5C)[C@@H]3C2=O)cc1. The Bertz CT molecular complexity index is 1180. The summed E-state index contributed by atoms with van der Waals surface area (Å²) in [7, 11) is 1.57. The van der Waals surface area contributed by atoms with Gasteiger partial charge in [0.2, 0.25) is 17.7 Å². The monoisotopic (exact) mass is 449 g/mol. The number of likely N-dealkylation sites (tertiary alicyclic amines) is 1. The molecule has 33 heavy (non-hydrogen) atoms. The van der Waals surface area contributed by atoms with Crippen molar-refractivity contribution < 1.29 is 24.2 Å². The molecule has 2 aromatic rings. The van der Waals surface area contributed by atoms with Gasteiger partial charge in [0, 0.05) is 17.3 Å². The summed E-state index contributed by atoms with van der Waals surface area (Å²) in [6.45, 7) is 5.55. The van der Waals surface area contributed by atoms with Crippen LogP contribution >= 0.6 is 0 Å². The molecule has 2 aromatic carbocycles. The Hall–Kier alpha value is -3.23. The van der Waals surface area contributed by atoms with Crippen molar-refractivity contribution in [2.24, 2.45) is 11.8 Å². The van der Waals surface area contributed by atoms with Crippen LogP contribution in [0.5, 0.6) is 5.75 Å². The number of methoxy groups -OCH3 is 1. The molecule has 0 radical (unpaired) electrons. The molecule has 0 aromatic heterocycles. The average Bonchev–Trinajstić information content (AvgIpc) is 3.38. The molecule has 0 unspecified atom stereocenters. The highest BCUT2D eigenvalue weighted by Gasteiger charge is 2.71. The predicted molar refractivity (Wildman–Crippen MR) is 120 cm³/mol. The Morgan fingerprint density at radius 1 is 1.09 bits per heavy atom. The summed E-state index contributed by atoms with van der Waals surface area (Å²) < 4.78 is 5.18. The van der Waals surface area contributed by atoms with Crippen LogP contribution in [0.4, 0.5) is 5.69 Å². The number of aryl methyl sites for hydroxylation is 1. The van der Waals surface area contributed by atoms with Gasteiger partial charge in [-0.25, -0.2) is 0 Å². The van der Waals surface area contributed by atoms with Crippen LogP contribution in [-0.4, -0.2) is 47.0 Å². The van der Waals surface area contributed by atoms with Crippen molar-refractivity contribution in [3.8, 4) is 5.75 Å². The summed E-state index contributed by atoms with van der Waals surface area (Å²) in [5.74, 6) is -2.24. The van der Waals surface area contributed by atoms with Crippen molar-refractivity contribution in [1.29, 1.82) is 0 Å². The maximum absolute atomic E-state index is 13.7. The Morgan fingerprint density at radius 2 is 1.79 bits per heavy atom. The van der Waals surface area contributed by atoms with Crippen molar-refractivity contribution in [1.82, 2.24) is 10.2 Å². The number of nitrogens with zero attached hydrogens (tertiary/aromatic N) is 1. The minimum Gasteiger partial charge on any atom is -0.497 e. The zero-order chi connectivity index (χ0) is 23.7. The molecule has 0 bridgehead atoms. The number of imide groups is 1. The Kier molecular flexibility index (Phi) is 4.84. The molecule has 1 spiro atoms. The van der Waals surface area contributed by atoms with Gasteiger partial charge in [-0.05, 0) is 49.6 Å². The fourth-order valence-electron chi connectivity index (χ4n) is 5.59. The van der Waals surface area contributed by atoms with Crippen LogP contribution in [0.15, 0.2) is 36.4 Å². The van der Waals surface area contributed by atoms with E-state index in [0.717, 1.165) is 16.7 Å². The summed E-state index contributed by atoms with van der Waals surface area (Å²) in [4.78, 5) is 41.9. The van der Waals surface area contributed by atoms with Gasteiger partial charge >= 0.3 is 0 Å². The van der Waals surface area contributed by atoms with Crippen molar-refractivity contribution in [2.45, 2.75) is 45.0 Å². The van der Waals surface area contributed by atoms with Gasteiger partial charge in [-0.2, -0.15) is 0 Å².